The average molecular weight is 1240 g/mol. The maximum Gasteiger partial charge on any atom is 0.411 e. The van der Waals surface area contributed by atoms with Crippen LogP contribution in [0.25, 0.3) is 0 Å². The third-order valence-electron chi connectivity index (χ3n) is 10.7. The number of hydrogen-bond acceptors (Lipinski definition) is 26. The van der Waals surface area contributed by atoms with Crippen LogP contribution < -0.4 is 29.6 Å². The van der Waals surface area contributed by atoms with Crippen molar-refractivity contribution in [2.45, 2.75) is 38.5 Å². The second kappa shape index (κ2) is 49.3. The van der Waals surface area contributed by atoms with Crippen LogP contribution in [-0.4, -0.2) is 198 Å². The van der Waals surface area contributed by atoms with Crippen molar-refractivity contribution in [3.8, 4) is 23.0 Å². The zero-order valence-corrected chi connectivity index (χ0v) is 48.7. The minimum Gasteiger partial charge on any atom is -0.491 e. The van der Waals surface area contributed by atoms with E-state index >= 15 is 0 Å². The van der Waals surface area contributed by atoms with Crippen molar-refractivity contribution in [1.82, 2.24) is 0 Å². The molecule has 0 aromatic heterocycles. The van der Waals surface area contributed by atoms with E-state index in [1.165, 1.54) is 6.08 Å². The van der Waals surface area contributed by atoms with Crippen molar-refractivity contribution in [1.29, 1.82) is 0 Å². The van der Waals surface area contributed by atoms with Gasteiger partial charge >= 0.3 is 36.1 Å². The lowest BCUT2D eigenvalue weighted by Crippen LogP contribution is -2.18. The number of ether oxygens (including phenoxy) is 15. The van der Waals surface area contributed by atoms with E-state index in [1.54, 1.807) is 97.1 Å². The van der Waals surface area contributed by atoms with Gasteiger partial charge in [0.15, 0.2) is 0 Å². The summed E-state index contributed by atoms with van der Waals surface area (Å²) in [7, 11) is 0. The maximum atomic E-state index is 11.9. The van der Waals surface area contributed by atoms with Gasteiger partial charge in [-0.05, 0) is 115 Å². The molecule has 4 N–H and O–H groups in total. The summed E-state index contributed by atoms with van der Waals surface area (Å²) in [6, 6.07) is 26.6. The van der Waals surface area contributed by atoms with Crippen LogP contribution in [0.1, 0.15) is 38.5 Å². The predicted molar refractivity (Wildman–Crippen MR) is 311 cm³/mol. The quantitative estimate of drug-likeness (QED) is 0.00872. The molecule has 0 fully saturated rings. The molecule has 0 spiro atoms. The zero-order chi connectivity index (χ0) is 63.3. The zero-order valence-electron chi connectivity index (χ0n) is 48.7. The molecule has 0 aliphatic carbocycles. The van der Waals surface area contributed by atoms with Crippen LogP contribution in [0.5, 0.6) is 23.0 Å². The summed E-state index contributed by atoms with van der Waals surface area (Å²) in [4.78, 5) is 92.6. The van der Waals surface area contributed by atoms with Gasteiger partial charge in [-0.3, -0.25) is 29.8 Å². The standard InChI is InChI=1S/C30H40N2O13.C29H36N2O12/c33-12-13-43-28(34)2-1-3-29(35)44-22-23-45-30(36)31-24-4-8-26(9-5-24)41-20-18-39-16-14-38-15-17-40-19-21-42-27-10-6-25(32-37)7-11-27;32-22-30-23-4-8-25(9-5-23)40-18-16-38-14-12-37-13-15-39-17-19-41-26-10-6-24(7-11-26)31-29(36)43-21-20-42-28(35)3-1-2-27(33)34/h4-11,33H,1-3,12-23H2,(H,31,36);4-11H,1-3,12-21H2,(H,31,36)(H,33,34). The summed E-state index contributed by atoms with van der Waals surface area (Å²) in [5, 5.41) is 25.0. The molecule has 0 aliphatic heterocycles. The number of aliphatic hydroxyl groups is 1. The molecule has 0 heterocycles. The Morgan fingerprint density at radius 3 is 0.989 bits per heavy atom. The van der Waals surface area contributed by atoms with E-state index in [0.29, 0.717) is 151 Å². The molecule has 29 heteroatoms. The highest BCUT2D eigenvalue weighted by Crippen LogP contribution is 2.20. The van der Waals surface area contributed by atoms with E-state index in [1.807, 2.05) is 0 Å². The molecule has 4 rings (SSSR count). The highest BCUT2D eigenvalue weighted by atomic mass is 16.6. The second-order valence-corrected chi connectivity index (χ2v) is 17.4. The summed E-state index contributed by atoms with van der Waals surface area (Å²) < 4.78 is 79.4. The largest absolute Gasteiger partial charge is 0.491 e. The highest BCUT2D eigenvalue weighted by molar-refractivity contribution is 5.85. The SMILES string of the molecule is O=C=Nc1ccc(OCCOCCOCCOCCOc2ccc(NC(=O)OCCOC(=O)CCCC(=O)O)cc2)cc1.O=Nc1ccc(OCCOCCOCCOCCOc2ccc(NC(=O)OCCOC(=O)CCCC(=O)OCCO)cc2)cc1. The van der Waals surface area contributed by atoms with Crippen molar-refractivity contribution in [3.63, 3.8) is 0 Å². The molecule has 0 saturated heterocycles. The molecule has 88 heavy (non-hydrogen) atoms. The van der Waals surface area contributed by atoms with Crippen molar-refractivity contribution >= 4 is 64.9 Å². The van der Waals surface area contributed by atoms with Crippen molar-refractivity contribution in [3.05, 3.63) is 102 Å². The second-order valence-electron chi connectivity index (χ2n) is 17.4. The first-order chi connectivity index (χ1) is 43.0. The van der Waals surface area contributed by atoms with Gasteiger partial charge in [0.25, 0.3) is 0 Å². The third kappa shape index (κ3) is 39.7. The molecule has 0 atom stereocenters. The normalized spacial score (nSPS) is 10.4. The molecule has 0 bridgehead atoms. The fourth-order valence-corrected chi connectivity index (χ4v) is 6.52. The van der Waals surface area contributed by atoms with Crippen LogP contribution in [-0.2, 0) is 76.1 Å². The Hall–Kier alpha value is -8.80. The predicted octanol–water partition coefficient (Wildman–Crippen LogP) is 6.90. The number of carboxylic acid groups (broad SMARTS) is 1. The van der Waals surface area contributed by atoms with Gasteiger partial charge in [-0.2, -0.15) is 4.99 Å². The number of isocyanates is 1. The fourth-order valence-electron chi connectivity index (χ4n) is 6.52. The minimum absolute atomic E-state index is 0.0111. The Balaban J connectivity index is 0.000000461. The van der Waals surface area contributed by atoms with Crippen LogP contribution >= 0.6 is 0 Å². The molecule has 4 aromatic carbocycles. The molecule has 482 valence electrons. The fraction of sp³-hybridized carbons (Fsp3) is 0.475. The number of carbonyl (C=O) groups is 6. The van der Waals surface area contributed by atoms with Gasteiger partial charge < -0.3 is 81.3 Å². The average Bonchev–Trinajstić information content (AvgIpc) is 3.65. The Morgan fingerprint density at radius 2 is 0.670 bits per heavy atom. The van der Waals surface area contributed by atoms with Gasteiger partial charge in [0.2, 0.25) is 6.08 Å². The number of amides is 2. The summed E-state index contributed by atoms with van der Waals surface area (Å²) in [6.07, 6.45) is 0.441. The van der Waals surface area contributed by atoms with Crippen molar-refractivity contribution < 1.29 is 115 Å². The molecule has 2 amide bonds. The number of hydrogen-bond donors (Lipinski definition) is 4. The van der Waals surface area contributed by atoms with E-state index < -0.39 is 36.1 Å². The first kappa shape index (κ1) is 73.5. The van der Waals surface area contributed by atoms with Crippen molar-refractivity contribution in [2.24, 2.45) is 10.2 Å². The molecule has 4 aromatic rings. The number of nitroso groups, excluding NO2 is 1. The van der Waals surface area contributed by atoms with Gasteiger partial charge in [-0.25, -0.2) is 14.4 Å². The molecule has 0 unspecified atom stereocenters. The number of carboxylic acids is 1. The number of aliphatic carboxylic acids is 1. The Kier molecular flexibility index (Phi) is 41.2. The van der Waals surface area contributed by atoms with Gasteiger partial charge in [0.1, 0.15) is 88.1 Å². The minimum atomic E-state index is -0.979. The lowest BCUT2D eigenvalue weighted by atomic mass is 10.2. The highest BCUT2D eigenvalue weighted by Gasteiger charge is 2.11. The van der Waals surface area contributed by atoms with E-state index in [9.17, 15) is 38.5 Å². The summed E-state index contributed by atoms with van der Waals surface area (Å²) in [5.74, 6) is -0.0658. The number of benzene rings is 4. The van der Waals surface area contributed by atoms with E-state index in [-0.39, 0.29) is 78.2 Å². The Bertz CT molecular complexity index is 2610. The molecular formula is C59H76N4O25. The molecule has 29 nitrogen and oxygen atoms in total. The van der Waals surface area contributed by atoms with Gasteiger partial charge in [0, 0.05) is 37.1 Å². The lowest BCUT2D eigenvalue weighted by Gasteiger charge is -2.10. The van der Waals surface area contributed by atoms with Crippen LogP contribution in [0.4, 0.5) is 32.3 Å². The van der Waals surface area contributed by atoms with Crippen molar-refractivity contribution in [2.75, 3.05) is 156 Å². The molecule has 0 aliphatic rings. The number of aliphatic imine (C=N–C) groups is 1. The maximum absolute atomic E-state index is 11.9. The van der Waals surface area contributed by atoms with Crippen LogP contribution in [0.15, 0.2) is 107 Å². The number of nitrogens with zero attached hydrogens (tertiary/aromatic N) is 2. The molecule has 0 saturated carbocycles. The summed E-state index contributed by atoms with van der Waals surface area (Å²) in [5.41, 5.74) is 1.84. The van der Waals surface area contributed by atoms with E-state index in [2.05, 4.69) is 25.5 Å². The smallest absolute Gasteiger partial charge is 0.411 e. The lowest BCUT2D eigenvalue weighted by molar-refractivity contribution is -0.147. The number of aliphatic hydroxyl groups excluding tert-OH is 1. The number of carbonyl (C=O) groups excluding carboxylic acids is 6. The molecule has 0 radical (unpaired) electrons. The van der Waals surface area contributed by atoms with Crippen LogP contribution in [0.3, 0.4) is 0 Å². The monoisotopic (exact) mass is 1240 g/mol. The number of anilines is 2. The summed E-state index contributed by atoms with van der Waals surface area (Å²) in [6.45, 7) is 5.50. The Labute approximate surface area is 507 Å². The van der Waals surface area contributed by atoms with Gasteiger partial charge in [-0.15, -0.1) is 4.91 Å². The number of nitrogens with one attached hydrogen (secondary N) is 2. The van der Waals surface area contributed by atoms with Crippen LogP contribution in [0.2, 0.25) is 0 Å². The first-order valence-corrected chi connectivity index (χ1v) is 27.9. The summed E-state index contributed by atoms with van der Waals surface area (Å²) >= 11 is 0. The van der Waals surface area contributed by atoms with Crippen LogP contribution in [0, 0.1) is 4.91 Å². The third-order valence-corrected chi connectivity index (χ3v) is 10.7. The van der Waals surface area contributed by atoms with E-state index in [0.717, 1.165) is 0 Å². The number of rotatable bonds is 48. The molecular weight excluding hydrogens is 1160 g/mol. The first-order valence-electron chi connectivity index (χ1n) is 27.9. The Morgan fingerprint density at radius 1 is 0.375 bits per heavy atom. The van der Waals surface area contributed by atoms with Gasteiger partial charge in [-0.1, -0.05) is 0 Å². The van der Waals surface area contributed by atoms with Gasteiger partial charge in [0.05, 0.1) is 91.6 Å². The number of esters is 3. The topological polar surface area (TPSA) is 364 Å². The van der Waals surface area contributed by atoms with E-state index in [4.69, 9.17) is 76.5 Å².